The summed E-state index contributed by atoms with van der Waals surface area (Å²) < 4.78 is 25.0. The second kappa shape index (κ2) is 9.28. The molecule has 1 aliphatic rings. The van der Waals surface area contributed by atoms with Crippen molar-refractivity contribution in [3.63, 3.8) is 0 Å². The van der Waals surface area contributed by atoms with Crippen molar-refractivity contribution in [2.24, 2.45) is 5.92 Å². The van der Waals surface area contributed by atoms with E-state index >= 15 is 0 Å². The van der Waals surface area contributed by atoms with Gasteiger partial charge in [0.25, 0.3) is 0 Å². The molecule has 0 aliphatic carbocycles. The summed E-state index contributed by atoms with van der Waals surface area (Å²) in [5.41, 5.74) is 0. The van der Waals surface area contributed by atoms with Crippen LogP contribution < -0.4 is 5.32 Å². The molecular weight excluding hydrogens is 292 g/mol. The van der Waals surface area contributed by atoms with Crippen LogP contribution in [0.15, 0.2) is 0 Å². The third kappa shape index (κ3) is 6.78. The van der Waals surface area contributed by atoms with Gasteiger partial charge in [0.15, 0.2) is 0 Å². The van der Waals surface area contributed by atoms with E-state index in [4.69, 9.17) is 0 Å². The third-order valence-electron chi connectivity index (χ3n) is 3.92. The second-order valence-electron chi connectivity index (χ2n) is 5.80. The van der Waals surface area contributed by atoms with Crippen molar-refractivity contribution in [1.29, 1.82) is 0 Å². The molecular formula is C14H30N2O2S2. The van der Waals surface area contributed by atoms with Crippen molar-refractivity contribution in [3.8, 4) is 0 Å². The van der Waals surface area contributed by atoms with E-state index in [0.29, 0.717) is 25.0 Å². The number of rotatable bonds is 9. The molecule has 0 amide bonds. The van der Waals surface area contributed by atoms with Crippen molar-refractivity contribution in [3.05, 3.63) is 0 Å². The van der Waals surface area contributed by atoms with Gasteiger partial charge in [0, 0.05) is 19.1 Å². The van der Waals surface area contributed by atoms with E-state index in [1.165, 1.54) is 18.4 Å². The molecule has 6 heteroatoms. The lowest BCUT2D eigenvalue weighted by Crippen LogP contribution is -2.42. The lowest BCUT2D eigenvalue weighted by atomic mass is 9.91. The lowest BCUT2D eigenvalue weighted by Gasteiger charge is -2.33. The Balaban J connectivity index is 2.49. The van der Waals surface area contributed by atoms with Crippen LogP contribution in [0.4, 0.5) is 0 Å². The fraction of sp³-hybridized carbons (Fsp3) is 1.00. The number of hydrogen-bond acceptors (Lipinski definition) is 4. The molecule has 0 radical (unpaired) electrons. The molecule has 0 saturated carbocycles. The maximum atomic E-state index is 11.7. The van der Waals surface area contributed by atoms with Crippen molar-refractivity contribution < 1.29 is 8.42 Å². The van der Waals surface area contributed by atoms with E-state index in [-0.39, 0.29) is 0 Å². The zero-order valence-corrected chi connectivity index (χ0v) is 14.7. The van der Waals surface area contributed by atoms with Crippen molar-refractivity contribution in [2.45, 2.75) is 45.1 Å². The van der Waals surface area contributed by atoms with Crippen LogP contribution in [-0.2, 0) is 10.0 Å². The SMILES string of the molecule is CCCNC(CCSC)CC1CCCN(S(C)(=O)=O)C1. The Morgan fingerprint density at radius 2 is 2.20 bits per heavy atom. The minimum absolute atomic E-state index is 0.509. The summed E-state index contributed by atoms with van der Waals surface area (Å²) in [5, 5.41) is 3.62. The Labute approximate surface area is 129 Å². The lowest BCUT2D eigenvalue weighted by molar-refractivity contribution is 0.236. The maximum Gasteiger partial charge on any atom is 0.211 e. The Morgan fingerprint density at radius 3 is 2.80 bits per heavy atom. The molecule has 0 bridgehead atoms. The average Bonchev–Trinajstić information content (AvgIpc) is 2.41. The normalized spacial score (nSPS) is 22.9. The van der Waals surface area contributed by atoms with Crippen LogP contribution in [0, 0.1) is 5.92 Å². The maximum absolute atomic E-state index is 11.7. The van der Waals surface area contributed by atoms with E-state index in [9.17, 15) is 8.42 Å². The van der Waals surface area contributed by atoms with Gasteiger partial charge in [-0.25, -0.2) is 12.7 Å². The zero-order valence-electron chi connectivity index (χ0n) is 13.1. The van der Waals surface area contributed by atoms with Gasteiger partial charge < -0.3 is 5.32 Å². The number of nitrogens with one attached hydrogen (secondary N) is 1. The van der Waals surface area contributed by atoms with Crippen molar-refractivity contribution in [1.82, 2.24) is 9.62 Å². The Bertz CT molecular complexity index is 352. The standard InChI is InChI=1S/C14H30N2O2S2/c1-4-8-15-14(7-10-19-2)11-13-6-5-9-16(12-13)20(3,17)18/h13-15H,4-12H2,1-3H3. The highest BCUT2D eigenvalue weighted by Crippen LogP contribution is 2.24. The Kier molecular flexibility index (Phi) is 8.48. The zero-order chi connectivity index (χ0) is 15.0. The van der Waals surface area contributed by atoms with Gasteiger partial charge in [0.1, 0.15) is 0 Å². The molecule has 0 aromatic rings. The summed E-state index contributed by atoms with van der Waals surface area (Å²) in [7, 11) is -3.02. The highest BCUT2D eigenvalue weighted by atomic mass is 32.2. The fourth-order valence-electron chi connectivity index (χ4n) is 2.83. The monoisotopic (exact) mass is 322 g/mol. The van der Waals surface area contributed by atoms with E-state index in [2.05, 4.69) is 18.5 Å². The van der Waals surface area contributed by atoms with Crippen LogP contribution in [0.3, 0.4) is 0 Å². The van der Waals surface area contributed by atoms with Crippen LogP contribution in [0.2, 0.25) is 0 Å². The number of sulfonamides is 1. The first-order chi connectivity index (χ1) is 9.47. The fourth-order valence-corrected chi connectivity index (χ4v) is 4.30. The predicted octanol–water partition coefficient (Wildman–Crippen LogP) is 2.17. The van der Waals surface area contributed by atoms with Gasteiger partial charge in [-0.3, -0.25) is 0 Å². The summed E-state index contributed by atoms with van der Waals surface area (Å²) in [4.78, 5) is 0. The predicted molar refractivity (Wildman–Crippen MR) is 88.8 cm³/mol. The van der Waals surface area contributed by atoms with Gasteiger partial charge in [0.2, 0.25) is 10.0 Å². The summed E-state index contributed by atoms with van der Waals surface area (Å²) >= 11 is 1.88. The topological polar surface area (TPSA) is 49.4 Å². The van der Waals surface area contributed by atoms with Crippen LogP contribution in [-0.4, -0.2) is 56.7 Å². The van der Waals surface area contributed by atoms with Gasteiger partial charge in [0.05, 0.1) is 6.26 Å². The minimum Gasteiger partial charge on any atom is -0.314 e. The summed E-state index contributed by atoms with van der Waals surface area (Å²) in [6, 6.07) is 0.534. The van der Waals surface area contributed by atoms with E-state index < -0.39 is 10.0 Å². The van der Waals surface area contributed by atoms with Gasteiger partial charge in [-0.1, -0.05) is 6.92 Å². The summed E-state index contributed by atoms with van der Waals surface area (Å²) in [5.74, 6) is 1.68. The molecule has 120 valence electrons. The van der Waals surface area contributed by atoms with E-state index in [0.717, 1.165) is 32.2 Å². The Hall–Kier alpha value is 0.220. The molecule has 1 fully saturated rings. The van der Waals surface area contributed by atoms with Crippen LogP contribution >= 0.6 is 11.8 Å². The van der Waals surface area contributed by atoms with Crippen LogP contribution in [0.1, 0.15) is 39.0 Å². The van der Waals surface area contributed by atoms with Gasteiger partial charge in [-0.15, -0.1) is 0 Å². The van der Waals surface area contributed by atoms with E-state index in [1.54, 1.807) is 4.31 Å². The highest BCUT2D eigenvalue weighted by molar-refractivity contribution is 7.98. The van der Waals surface area contributed by atoms with Crippen LogP contribution in [0.25, 0.3) is 0 Å². The molecule has 1 N–H and O–H groups in total. The number of hydrogen-bond donors (Lipinski definition) is 1. The van der Waals surface area contributed by atoms with Gasteiger partial charge in [-0.2, -0.15) is 11.8 Å². The molecule has 1 heterocycles. The molecule has 4 nitrogen and oxygen atoms in total. The van der Waals surface area contributed by atoms with Gasteiger partial charge in [-0.05, 0) is 56.6 Å². The van der Waals surface area contributed by atoms with Crippen molar-refractivity contribution >= 4 is 21.8 Å². The smallest absolute Gasteiger partial charge is 0.211 e. The first kappa shape index (κ1) is 18.3. The highest BCUT2D eigenvalue weighted by Gasteiger charge is 2.27. The average molecular weight is 323 g/mol. The molecule has 1 rings (SSSR count). The summed E-state index contributed by atoms with van der Waals surface area (Å²) in [6.45, 7) is 4.65. The number of thioether (sulfide) groups is 1. The first-order valence-electron chi connectivity index (χ1n) is 7.64. The van der Waals surface area contributed by atoms with E-state index in [1.807, 2.05) is 11.8 Å². The molecule has 1 saturated heterocycles. The minimum atomic E-state index is -3.02. The number of nitrogens with zero attached hydrogens (tertiary/aromatic N) is 1. The number of piperidine rings is 1. The largest absolute Gasteiger partial charge is 0.314 e. The molecule has 20 heavy (non-hydrogen) atoms. The van der Waals surface area contributed by atoms with Crippen molar-refractivity contribution in [2.75, 3.05) is 37.9 Å². The second-order valence-corrected chi connectivity index (χ2v) is 8.77. The molecule has 1 aliphatic heterocycles. The molecule has 0 aromatic heterocycles. The molecule has 2 unspecified atom stereocenters. The van der Waals surface area contributed by atoms with Crippen LogP contribution in [0.5, 0.6) is 0 Å². The van der Waals surface area contributed by atoms with Gasteiger partial charge >= 0.3 is 0 Å². The first-order valence-corrected chi connectivity index (χ1v) is 10.9. The molecule has 2 atom stereocenters. The Morgan fingerprint density at radius 1 is 1.45 bits per heavy atom. The molecule has 0 aromatic carbocycles. The third-order valence-corrected chi connectivity index (χ3v) is 5.84. The summed E-state index contributed by atoms with van der Waals surface area (Å²) in [6.07, 6.45) is 9.06. The quantitative estimate of drug-likeness (QED) is 0.707. The molecule has 0 spiro atoms.